The predicted molar refractivity (Wildman–Crippen MR) is 147 cm³/mol. The fourth-order valence-electron chi connectivity index (χ4n) is 5.12. The van der Waals surface area contributed by atoms with Gasteiger partial charge in [0.05, 0.1) is 20.6 Å². The Kier molecular flexibility index (Phi) is 7.06. The van der Waals surface area contributed by atoms with Crippen LogP contribution in [0.2, 0.25) is 5.82 Å². The van der Waals surface area contributed by atoms with E-state index in [-0.39, 0.29) is 7.06 Å². The smallest absolute Gasteiger partial charge is 0.318 e. The molecule has 0 amide bonds. The number of benzene rings is 5. The van der Waals surface area contributed by atoms with Gasteiger partial charge in [0, 0.05) is 0 Å². The normalized spacial score (nSPS) is 11.8. The van der Waals surface area contributed by atoms with E-state index in [0.717, 1.165) is 0 Å². The summed E-state index contributed by atoms with van der Waals surface area (Å²) in [5.74, 6) is -11.3. The molecule has 0 aliphatic heterocycles. The fourth-order valence-corrected chi connectivity index (χ4v) is 5.12. The van der Waals surface area contributed by atoms with Gasteiger partial charge in [0.2, 0.25) is 12.5 Å². The monoisotopic (exact) mass is 494 g/mol. The van der Waals surface area contributed by atoms with Gasteiger partial charge in [-0.3, -0.25) is 19.2 Å². The van der Waals surface area contributed by atoms with E-state index in [1.165, 1.54) is 50.8 Å². The standard InChI is InChI=1S/C20H12.C6H9B3O8/c1-5-13-6-2-11-17-18-12-4-8-14-7-3-10-16(20(14)18)15(9-1)19(13)17;7-8-9(6(16)17)2(5(14)15)1(3(10)11)4(12)13/h1-12H;1-2,8H,7H2,(H,10,11)(H,12,13)(H,14,15)(H,16,17). The minimum Gasteiger partial charge on any atom is -0.490 e. The summed E-state index contributed by atoms with van der Waals surface area (Å²) in [6.07, 6.45) is 0. The van der Waals surface area contributed by atoms with Crippen LogP contribution in [0.25, 0.3) is 43.1 Å². The number of hydrogen-bond donors (Lipinski definition) is 4. The molecular formula is C26H21B3O8. The highest BCUT2D eigenvalue weighted by Crippen LogP contribution is 2.39. The summed E-state index contributed by atoms with van der Waals surface area (Å²) in [6.45, 7) is -1.57. The van der Waals surface area contributed by atoms with Crippen LogP contribution in [-0.4, -0.2) is 65.6 Å². The van der Waals surface area contributed by atoms with Crippen LogP contribution in [0, 0.1) is 5.92 Å². The van der Waals surface area contributed by atoms with Gasteiger partial charge >= 0.3 is 17.9 Å². The van der Waals surface area contributed by atoms with Gasteiger partial charge in [-0.15, -0.1) is 0 Å². The highest BCUT2D eigenvalue weighted by Gasteiger charge is 2.48. The molecule has 182 valence electrons. The van der Waals surface area contributed by atoms with Crippen LogP contribution in [-0.2, 0) is 14.4 Å². The molecule has 8 nitrogen and oxygen atoms in total. The summed E-state index contributed by atoms with van der Waals surface area (Å²) in [4.78, 5) is 43.0. The summed E-state index contributed by atoms with van der Waals surface area (Å²) in [6, 6.07) is 26.4. The van der Waals surface area contributed by atoms with Crippen molar-refractivity contribution in [1.29, 1.82) is 0 Å². The Morgan fingerprint density at radius 2 is 0.973 bits per heavy atom. The van der Waals surface area contributed by atoms with Gasteiger partial charge in [0.1, 0.15) is 0 Å². The lowest BCUT2D eigenvalue weighted by Gasteiger charge is -2.19. The number of carbonyl (C=O) groups is 4. The third kappa shape index (κ3) is 4.56. The van der Waals surface area contributed by atoms with E-state index < -0.39 is 42.1 Å². The number of rotatable bonds is 7. The summed E-state index contributed by atoms with van der Waals surface area (Å²) in [7, 11) is 1.17. The van der Waals surface area contributed by atoms with Crippen molar-refractivity contribution in [1.82, 2.24) is 0 Å². The lowest BCUT2D eigenvalue weighted by atomic mass is 9.09. The Morgan fingerprint density at radius 1 is 0.622 bits per heavy atom. The van der Waals surface area contributed by atoms with Gasteiger partial charge < -0.3 is 20.4 Å². The fraction of sp³-hybridized carbons (Fsp3) is 0.0769. The maximum Gasteiger partial charge on any atom is 0.318 e. The van der Waals surface area contributed by atoms with Crippen LogP contribution in [0.15, 0.2) is 72.8 Å². The molecule has 0 aliphatic rings. The van der Waals surface area contributed by atoms with Gasteiger partial charge in [-0.2, -0.15) is 0 Å². The van der Waals surface area contributed by atoms with Crippen molar-refractivity contribution in [2.24, 2.45) is 5.92 Å². The molecule has 0 radical (unpaired) electrons. The molecule has 5 rings (SSSR count). The number of fused-ring (bicyclic) bond motifs is 2. The Hall–Kier alpha value is -4.53. The van der Waals surface area contributed by atoms with Gasteiger partial charge in [-0.25, -0.2) is 0 Å². The number of carboxylic acids is 3. The summed E-state index contributed by atoms with van der Waals surface area (Å²) < 4.78 is 0. The van der Waals surface area contributed by atoms with Crippen LogP contribution in [0.1, 0.15) is 0 Å². The Labute approximate surface area is 212 Å². The third-order valence-electron chi connectivity index (χ3n) is 6.76. The van der Waals surface area contributed by atoms with Crippen LogP contribution >= 0.6 is 0 Å². The maximum absolute atomic E-state index is 10.9. The zero-order chi connectivity index (χ0) is 26.9. The van der Waals surface area contributed by atoms with E-state index in [4.69, 9.17) is 20.4 Å². The van der Waals surface area contributed by atoms with Crippen molar-refractivity contribution in [2.45, 2.75) is 5.82 Å². The summed E-state index contributed by atoms with van der Waals surface area (Å²) >= 11 is 0. The van der Waals surface area contributed by atoms with Crippen molar-refractivity contribution in [3.8, 4) is 0 Å². The van der Waals surface area contributed by atoms with Crippen LogP contribution in [0.3, 0.4) is 0 Å². The Bertz CT molecular complexity index is 1480. The quantitative estimate of drug-likeness (QED) is 0.117. The zero-order valence-electron chi connectivity index (χ0n) is 19.8. The molecule has 5 aromatic carbocycles. The van der Waals surface area contributed by atoms with Crippen molar-refractivity contribution < 1.29 is 39.6 Å². The molecule has 0 saturated heterocycles. The molecular weight excluding hydrogens is 473 g/mol. The van der Waals surface area contributed by atoms with Crippen LogP contribution < -0.4 is 0 Å². The minimum absolute atomic E-state index is 0.177. The number of aliphatic carboxylic acids is 3. The van der Waals surface area contributed by atoms with Crippen molar-refractivity contribution >= 4 is 88.3 Å². The summed E-state index contributed by atoms with van der Waals surface area (Å²) in [5, 5.41) is 45.7. The first kappa shape index (κ1) is 25.6. The number of carboxylic acid groups (broad SMARTS) is 4. The van der Waals surface area contributed by atoms with E-state index in [0.29, 0.717) is 0 Å². The maximum atomic E-state index is 10.9. The largest absolute Gasteiger partial charge is 0.490 e. The molecule has 1 atom stereocenters. The molecule has 37 heavy (non-hydrogen) atoms. The molecule has 11 heteroatoms. The first-order valence-electron chi connectivity index (χ1n) is 11.6. The second kappa shape index (κ2) is 10.2. The molecule has 4 N–H and O–H groups in total. The van der Waals surface area contributed by atoms with Crippen molar-refractivity contribution in [2.75, 3.05) is 0 Å². The van der Waals surface area contributed by atoms with Crippen LogP contribution in [0.5, 0.6) is 0 Å². The SMILES string of the molecule is BBB(C(=O)O)C(C(=O)O)C(C(=O)O)C(=O)O.c1cc2cccc3c4cccc5cccc(c(c1)c23)c54. The summed E-state index contributed by atoms with van der Waals surface area (Å²) in [5.41, 5.74) is 0. The van der Waals surface area contributed by atoms with Gasteiger partial charge in [-0.05, 0) is 43.1 Å². The average Bonchev–Trinajstić information content (AvgIpc) is 2.86. The second-order valence-corrected chi connectivity index (χ2v) is 8.79. The van der Waals surface area contributed by atoms with Gasteiger partial charge in [0.25, 0.3) is 0 Å². The molecule has 0 spiro atoms. The second-order valence-electron chi connectivity index (χ2n) is 8.79. The van der Waals surface area contributed by atoms with E-state index >= 15 is 0 Å². The lowest BCUT2D eigenvalue weighted by Crippen LogP contribution is -2.48. The first-order valence-corrected chi connectivity index (χ1v) is 11.6. The predicted octanol–water partition coefficient (Wildman–Crippen LogP) is 3.20. The highest BCUT2D eigenvalue weighted by molar-refractivity contribution is 7.41. The third-order valence-corrected chi connectivity index (χ3v) is 6.76. The zero-order valence-corrected chi connectivity index (χ0v) is 19.8. The molecule has 0 saturated carbocycles. The topological polar surface area (TPSA) is 149 Å². The highest BCUT2D eigenvalue weighted by atomic mass is 16.4. The average molecular weight is 494 g/mol. The van der Waals surface area contributed by atoms with Crippen LogP contribution in [0.4, 0.5) is 4.79 Å². The minimum atomic E-state index is -2.28. The molecule has 0 aliphatic carbocycles. The molecule has 1 unspecified atom stereocenters. The van der Waals surface area contributed by atoms with E-state index in [2.05, 4.69) is 72.8 Å². The lowest BCUT2D eigenvalue weighted by molar-refractivity contribution is -0.159. The van der Waals surface area contributed by atoms with E-state index in [1.807, 2.05) is 0 Å². The Morgan fingerprint density at radius 3 is 1.22 bits per heavy atom. The first-order chi connectivity index (χ1) is 17.7. The molecule has 0 heterocycles. The molecule has 5 aromatic rings. The van der Waals surface area contributed by atoms with E-state index in [1.54, 1.807) is 0 Å². The van der Waals surface area contributed by atoms with E-state index in [9.17, 15) is 19.2 Å². The molecule has 0 bridgehead atoms. The van der Waals surface area contributed by atoms with Gasteiger partial charge in [-0.1, -0.05) is 72.8 Å². The molecule has 0 aromatic heterocycles. The van der Waals surface area contributed by atoms with Crippen molar-refractivity contribution in [3.63, 3.8) is 0 Å². The Balaban J connectivity index is 0.000000177. The van der Waals surface area contributed by atoms with Gasteiger partial charge in [0.15, 0.2) is 5.92 Å². The van der Waals surface area contributed by atoms with Crippen molar-refractivity contribution in [3.05, 3.63) is 72.8 Å². The molecule has 0 fully saturated rings. The number of hydrogen-bond acceptors (Lipinski definition) is 4.